The van der Waals surface area contributed by atoms with Crippen LogP contribution in [0.4, 0.5) is 19.1 Å². The number of rotatable bonds is 2. The van der Waals surface area contributed by atoms with Crippen LogP contribution in [-0.4, -0.2) is 35.1 Å². The number of guanidine groups is 1. The predicted molar refractivity (Wildman–Crippen MR) is 102 cm³/mol. The van der Waals surface area contributed by atoms with E-state index in [0.717, 1.165) is 11.9 Å². The van der Waals surface area contributed by atoms with E-state index in [1.54, 1.807) is 10.6 Å². The van der Waals surface area contributed by atoms with Crippen LogP contribution in [0.2, 0.25) is 0 Å². The first-order valence-corrected chi connectivity index (χ1v) is 9.15. The van der Waals surface area contributed by atoms with E-state index >= 15 is 0 Å². The van der Waals surface area contributed by atoms with Crippen LogP contribution >= 0.6 is 0 Å². The van der Waals surface area contributed by atoms with Crippen LogP contribution < -0.4 is 25.3 Å². The van der Waals surface area contributed by atoms with Gasteiger partial charge in [-0.1, -0.05) is 12.1 Å². The van der Waals surface area contributed by atoms with E-state index in [4.69, 9.17) is 15.2 Å². The van der Waals surface area contributed by atoms with Crippen molar-refractivity contribution in [2.75, 3.05) is 18.5 Å². The van der Waals surface area contributed by atoms with Gasteiger partial charge in [0.05, 0.1) is 24.2 Å². The number of halogens is 3. The topological polar surface area (TPSA) is 95.9 Å². The molecule has 1 aromatic heterocycles. The van der Waals surface area contributed by atoms with Gasteiger partial charge in [0.25, 0.3) is 0 Å². The van der Waals surface area contributed by atoms with Gasteiger partial charge in [-0.2, -0.15) is 0 Å². The highest BCUT2D eigenvalue weighted by atomic mass is 19.4. The first kappa shape index (κ1) is 18.4. The molecule has 3 N–H and O–H groups in total. The molecule has 0 aliphatic carbocycles. The molecule has 0 bridgehead atoms. The zero-order valence-corrected chi connectivity index (χ0v) is 15.4. The number of nitrogens with zero attached hydrogens (tertiary/aromatic N) is 3. The lowest BCUT2D eigenvalue weighted by Crippen LogP contribution is -2.31. The van der Waals surface area contributed by atoms with Crippen LogP contribution in [0.3, 0.4) is 0 Å². The molecule has 0 amide bonds. The van der Waals surface area contributed by atoms with E-state index < -0.39 is 12.5 Å². The normalized spacial score (nSPS) is 18.2. The summed E-state index contributed by atoms with van der Waals surface area (Å²) in [5, 5.41) is 2.92. The van der Waals surface area contributed by atoms with Gasteiger partial charge in [-0.25, -0.2) is 9.98 Å². The number of anilines is 1. The summed E-state index contributed by atoms with van der Waals surface area (Å²) in [6.45, 7) is 1.09. The Bertz CT molecular complexity index is 1140. The molecule has 0 spiro atoms. The van der Waals surface area contributed by atoms with E-state index in [1.165, 1.54) is 24.3 Å². The molecule has 1 atom stereocenters. The second-order valence-electron chi connectivity index (χ2n) is 6.77. The van der Waals surface area contributed by atoms with Crippen molar-refractivity contribution >= 4 is 22.9 Å². The number of ether oxygens (including phenoxy) is 3. The zero-order chi connectivity index (χ0) is 20.9. The van der Waals surface area contributed by atoms with E-state index in [9.17, 15) is 13.2 Å². The summed E-state index contributed by atoms with van der Waals surface area (Å²) in [6, 6.07) is 9.09. The van der Waals surface area contributed by atoms with Crippen molar-refractivity contribution in [3.8, 4) is 17.2 Å². The number of nitrogens with one attached hydrogen (secondary N) is 1. The zero-order valence-electron chi connectivity index (χ0n) is 15.4. The van der Waals surface area contributed by atoms with E-state index in [1.807, 2.05) is 6.07 Å². The van der Waals surface area contributed by atoms with Gasteiger partial charge < -0.3 is 19.9 Å². The molecule has 0 unspecified atom stereocenters. The molecule has 8 nitrogen and oxygen atoms in total. The molecule has 0 radical (unpaired) electrons. The highest BCUT2D eigenvalue weighted by Gasteiger charge is 2.31. The third-order valence-electron chi connectivity index (χ3n) is 4.72. The Morgan fingerprint density at radius 3 is 2.50 bits per heavy atom. The smallest absolute Gasteiger partial charge is 0.489 e. The molecule has 2 aromatic carbocycles. The first-order chi connectivity index (χ1) is 14.4. The van der Waals surface area contributed by atoms with Crippen LogP contribution in [0, 0.1) is 0 Å². The minimum atomic E-state index is -4.76. The Kier molecular flexibility index (Phi) is 4.12. The number of benzene rings is 2. The Balaban J connectivity index is 1.58. The van der Waals surface area contributed by atoms with Gasteiger partial charge >= 0.3 is 6.36 Å². The third-order valence-corrected chi connectivity index (χ3v) is 4.72. The average molecular weight is 419 g/mol. The fourth-order valence-electron chi connectivity index (χ4n) is 3.49. The lowest BCUT2D eigenvalue weighted by molar-refractivity contribution is -0.274. The molecule has 0 saturated heterocycles. The number of hydrogen-bond donors (Lipinski definition) is 2. The summed E-state index contributed by atoms with van der Waals surface area (Å²) < 4.78 is 54.6. The lowest BCUT2D eigenvalue weighted by Gasteiger charge is -2.24. The molecular weight excluding hydrogens is 403 g/mol. The van der Waals surface area contributed by atoms with Crippen molar-refractivity contribution in [3.63, 3.8) is 0 Å². The molecule has 11 heteroatoms. The largest absolute Gasteiger partial charge is 0.573 e. The van der Waals surface area contributed by atoms with Gasteiger partial charge in [0.15, 0.2) is 23.6 Å². The highest BCUT2D eigenvalue weighted by Crippen LogP contribution is 2.39. The lowest BCUT2D eigenvalue weighted by atomic mass is 10.1. The van der Waals surface area contributed by atoms with Crippen molar-refractivity contribution in [1.29, 1.82) is 0 Å². The Morgan fingerprint density at radius 1 is 1.10 bits per heavy atom. The molecule has 3 heterocycles. The number of aliphatic imine (C=N–C) groups is 1. The van der Waals surface area contributed by atoms with Gasteiger partial charge in [-0.05, 0) is 17.7 Å². The summed E-state index contributed by atoms with van der Waals surface area (Å²) in [6.07, 6.45) is -4.61. The highest BCUT2D eigenvalue weighted by molar-refractivity contribution is 5.95. The monoisotopic (exact) mass is 419 g/mol. The summed E-state index contributed by atoms with van der Waals surface area (Å²) in [7, 11) is 0. The average Bonchev–Trinajstić information content (AvgIpc) is 2.86. The van der Waals surface area contributed by atoms with Gasteiger partial charge in [-0.15, -0.1) is 13.2 Å². The number of fused-ring (bicyclic) bond motifs is 4. The second kappa shape index (κ2) is 6.71. The molecule has 2 aliphatic heterocycles. The Hall–Kier alpha value is -3.63. The van der Waals surface area contributed by atoms with Crippen molar-refractivity contribution in [2.24, 2.45) is 10.7 Å². The number of nitrogens with two attached hydrogens (primary N) is 1. The third kappa shape index (κ3) is 3.31. The molecule has 30 heavy (non-hydrogen) atoms. The van der Waals surface area contributed by atoms with Crippen LogP contribution in [0.15, 0.2) is 41.4 Å². The van der Waals surface area contributed by atoms with Crippen LogP contribution in [0.25, 0.3) is 11.0 Å². The number of imidazole rings is 1. The minimum absolute atomic E-state index is 0.146. The molecule has 2 aliphatic rings. The number of alkyl halides is 3. The number of hydrogen-bond acceptors (Lipinski definition) is 7. The standard InChI is InChI=1S/C19H16F3N5O3/c20-19(21,22)30-11-4-2-10(3-5-11)16-25-17(23)26-18-24-12-8-14-15(9-13(12)27(16)18)29-7-1-6-28-14/h2-5,8-9,16H,1,6-7H2,(H3,23,24,25,26)/t16-/m1/s1. The quantitative estimate of drug-likeness (QED) is 0.661. The summed E-state index contributed by atoms with van der Waals surface area (Å²) >= 11 is 0. The summed E-state index contributed by atoms with van der Waals surface area (Å²) in [5.41, 5.74) is 7.90. The van der Waals surface area contributed by atoms with Gasteiger partial charge in [0.1, 0.15) is 5.75 Å². The fraction of sp³-hybridized carbons (Fsp3) is 0.263. The maximum atomic E-state index is 12.4. The molecular formula is C19H16F3N5O3. The van der Waals surface area contributed by atoms with Crippen molar-refractivity contribution in [1.82, 2.24) is 9.55 Å². The SMILES string of the molecule is NC1=N[C@@H](c2ccc(OC(F)(F)F)cc2)n2c(nc3cc4c(cc32)OCCCO4)N1. The summed E-state index contributed by atoms with van der Waals surface area (Å²) in [4.78, 5) is 8.99. The van der Waals surface area contributed by atoms with Gasteiger partial charge in [0.2, 0.25) is 5.95 Å². The fourth-order valence-corrected chi connectivity index (χ4v) is 3.49. The maximum Gasteiger partial charge on any atom is 0.573 e. The Morgan fingerprint density at radius 2 is 1.80 bits per heavy atom. The van der Waals surface area contributed by atoms with E-state index in [2.05, 4.69) is 20.0 Å². The number of aromatic nitrogens is 2. The molecule has 5 rings (SSSR count). The van der Waals surface area contributed by atoms with E-state index in [0.29, 0.717) is 41.7 Å². The molecule has 0 saturated carbocycles. The predicted octanol–water partition coefficient (Wildman–Crippen LogP) is 3.38. The van der Waals surface area contributed by atoms with Crippen LogP contribution in [-0.2, 0) is 0 Å². The van der Waals surface area contributed by atoms with Crippen molar-refractivity contribution < 1.29 is 27.4 Å². The van der Waals surface area contributed by atoms with Crippen LogP contribution in [0.5, 0.6) is 17.2 Å². The Labute approximate surface area is 168 Å². The first-order valence-electron chi connectivity index (χ1n) is 9.15. The van der Waals surface area contributed by atoms with Crippen molar-refractivity contribution in [2.45, 2.75) is 18.9 Å². The van der Waals surface area contributed by atoms with Gasteiger partial charge in [-0.3, -0.25) is 9.88 Å². The summed E-state index contributed by atoms with van der Waals surface area (Å²) in [5.74, 6) is 1.49. The molecule has 3 aromatic rings. The minimum Gasteiger partial charge on any atom is -0.489 e. The van der Waals surface area contributed by atoms with E-state index in [-0.39, 0.29) is 11.7 Å². The molecule has 0 fully saturated rings. The van der Waals surface area contributed by atoms with Crippen LogP contribution in [0.1, 0.15) is 18.2 Å². The van der Waals surface area contributed by atoms with Gasteiger partial charge in [0, 0.05) is 18.6 Å². The maximum absolute atomic E-state index is 12.4. The molecule has 156 valence electrons. The second-order valence-corrected chi connectivity index (χ2v) is 6.77. The van der Waals surface area contributed by atoms with Crippen molar-refractivity contribution in [3.05, 3.63) is 42.0 Å².